The van der Waals surface area contributed by atoms with Crippen molar-refractivity contribution in [3.8, 4) is 0 Å². The molecule has 2 rings (SSSR count). The van der Waals surface area contributed by atoms with Crippen molar-refractivity contribution in [2.75, 3.05) is 14.2 Å². The van der Waals surface area contributed by atoms with Crippen LogP contribution in [0.5, 0.6) is 0 Å². The van der Waals surface area contributed by atoms with E-state index in [1.165, 1.54) is 19.1 Å². The third-order valence-corrected chi connectivity index (χ3v) is 3.88. The lowest BCUT2D eigenvalue weighted by Crippen LogP contribution is -2.45. The molecule has 6 nitrogen and oxygen atoms in total. The van der Waals surface area contributed by atoms with Gasteiger partial charge in [0.05, 0.1) is 19.8 Å². The number of thiocarbonyl (C=S) groups is 1. The Labute approximate surface area is 133 Å². The van der Waals surface area contributed by atoms with Gasteiger partial charge < -0.3 is 9.47 Å². The molecule has 0 saturated carbocycles. The summed E-state index contributed by atoms with van der Waals surface area (Å²) in [6, 6.07) is 5.92. The summed E-state index contributed by atoms with van der Waals surface area (Å²) in [5, 5.41) is 0. The summed E-state index contributed by atoms with van der Waals surface area (Å²) in [5.74, 6) is -1.45. The maximum absolute atomic E-state index is 12.5. The van der Waals surface area contributed by atoms with Crippen molar-refractivity contribution >= 4 is 35.1 Å². The lowest BCUT2D eigenvalue weighted by molar-refractivity contribution is -0.146. The minimum absolute atomic E-state index is 0.0149. The van der Waals surface area contributed by atoms with Crippen LogP contribution in [0.3, 0.4) is 0 Å². The SMILES string of the molecule is COC(=O)CCC(C(=O)OC)N1C(=O)c2ccccc2C1=S. The Morgan fingerprint density at radius 1 is 1.18 bits per heavy atom. The number of amides is 1. The Bertz CT molecular complexity index is 608. The predicted octanol–water partition coefficient (Wildman–Crippen LogP) is 1.31. The maximum Gasteiger partial charge on any atom is 0.329 e. The summed E-state index contributed by atoms with van der Waals surface area (Å²) in [7, 11) is 2.49. The normalized spacial score (nSPS) is 14.5. The fourth-order valence-corrected chi connectivity index (χ4v) is 2.72. The highest BCUT2D eigenvalue weighted by Gasteiger charge is 2.40. The molecule has 1 atom stereocenters. The number of esters is 2. The van der Waals surface area contributed by atoms with E-state index in [4.69, 9.17) is 17.0 Å². The first kappa shape index (κ1) is 16.1. The molecule has 1 aromatic rings. The van der Waals surface area contributed by atoms with E-state index in [0.29, 0.717) is 11.1 Å². The largest absolute Gasteiger partial charge is 0.469 e. The van der Waals surface area contributed by atoms with E-state index in [1.807, 2.05) is 0 Å². The fraction of sp³-hybridized carbons (Fsp3) is 0.333. The quantitative estimate of drug-likeness (QED) is 0.601. The van der Waals surface area contributed by atoms with Gasteiger partial charge in [0.1, 0.15) is 11.0 Å². The van der Waals surface area contributed by atoms with E-state index in [-0.39, 0.29) is 23.7 Å². The maximum atomic E-state index is 12.5. The van der Waals surface area contributed by atoms with Gasteiger partial charge in [0.2, 0.25) is 0 Å². The molecule has 1 aromatic carbocycles. The first-order chi connectivity index (χ1) is 10.5. The van der Waals surface area contributed by atoms with Crippen LogP contribution >= 0.6 is 12.2 Å². The summed E-state index contributed by atoms with van der Waals surface area (Å²) in [6.07, 6.45) is 0.0677. The number of nitrogens with zero attached hydrogens (tertiary/aromatic N) is 1. The Morgan fingerprint density at radius 3 is 2.36 bits per heavy atom. The van der Waals surface area contributed by atoms with E-state index in [2.05, 4.69) is 4.74 Å². The van der Waals surface area contributed by atoms with Crippen molar-refractivity contribution in [3.05, 3.63) is 35.4 Å². The standard InChI is InChI=1S/C15H15NO5S/c1-20-12(17)8-7-11(15(19)21-2)16-13(18)9-5-3-4-6-10(9)14(16)22/h3-6,11H,7-8H2,1-2H3. The van der Waals surface area contributed by atoms with Gasteiger partial charge in [-0.15, -0.1) is 0 Å². The van der Waals surface area contributed by atoms with E-state index < -0.39 is 18.0 Å². The molecule has 0 aliphatic carbocycles. The number of carbonyl (C=O) groups is 3. The predicted molar refractivity (Wildman–Crippen MR) is 81.4 cm³/mol. The van der Waals surface area contributed by atoms with Gasteiger partial charge in [0.25, 0.3) is 5.91 Å². The van der Waals surface area contributed by atoms with Crippen LogP contribution in [0.15, 0.2) is 24.3 Å². The average molecular weight is 321 g/mol. The molecule has 0 saturated heterocycles. The molecule has 0 fully saturated rings. The van der Waals surface area contributed by atoms with Crippen molar-refractivity contribution in [3.63, 3.8) is 0 Å². The Balaban J connectivity index is 2.29. The number of hydrogen-bond acceptors (Lipinski definition) is 6. The average Bonchev–Trinajstić information content (AvgIpc) is 2.79. The molecular formula is C15H15NO5S. The molecule has 0 radical (unpaired) electrons. The van der Waals surface area contributed by atoms with Crippen LogP contribution in [0.4, 0.5) is 0 Å². The molecule has 1 unspecified atom stereocenters. The van der Waals surface area contributed by atoms with Crippen molar-refractivity contribution in [1.82, 2.24) is 4.90 Å². The highest BCUT2D eigenvalue weighted by atomic mass is 32.1. The summed E-state index contributed by atoms with van der Waals surface area (Å²) in [6.45, 7) is 0. The highest BCUT2D eigenvalue weighted by molar-refractivity contribution is 7.80. The van der Waals surface area contributed by atoms with Crippen LogP contribution < -0.4 is 0 Å². The van der Waals surface area contributed by atoms with Crippen LogP contribution in [-0.4, -0.2) is 48.0 Å². The summed E-state index contributed by atoms with van der Waals surface area (Å²) >= 11 is 5.31. The monoisotopic (exact) mass is 321 g/mol. The molecule has 1 amide bonds. The number of benzene rings is 1. The fourth-order valence-electron chi connectivity index (χ4n) is 2.34. The Hall–Kier alpha value is -2.28. The van der Waals surface area contributed by atoms with Gasteiger partial charge >= 0.3 is 11.9 Å². The smallest absolute Gasteiger partial charge is 0.329 e. The summed E-state index contributed by atoms with van der Waals surface area (Å²) in [4.78, 5) is 37.3. The van der Waals surface area contributed by atoms with Crippen molar-refractivity contribution in [2.24, 2.45) is 0 Å². The van der Waals surface area contributed by atoms with E-state index >= 15 is 0 Å². The van der Waals surface area contributed by atoms with Gasteiger partial charge in [-0.25, -0.2) is 4.79 Å². The molecule has 7 heteroatoms. The molecule has 1 aliphatic heterocycles. The van der Waals surface area contributed by atoms with Crippen LogP contribution in [-0.2, 0) is 19.1 Å². The number of ether oxygens (including phenoxy) is 2. The third kappa shape index (κ3) is 2.85. The molecule has 1 heterocycles. The van der Waals surface area contributed by atoms with Gasteiger partial charge in [0.15, 0.2) is 0 Å². The van der Waals surface area contributed by atoms with Gasteiger partial charge in [0, 0.05) is 12.0 Å². The van der Waals surface area contributed by atoms with E-state index in [0.717, 1.165) is 0 Å². The first-order valence-electron chi connectivity index (χ1n) is 6.62. The Kier molecular flexibility index (Phi) is 4.87. The second-order valence-electron chi connectivity index (χ2n) is 4.68. The second kappa shape index (κ2) is 6.65. The summed E-state index contributed by atoms with van der Waals surface area (Å²) in [5.41, 5.74) is 1.05. The van der Waals surface area contributed by atoms with E-state index in [1.54, 1.807) is 24.3 Å². The lowest BCUT2D eigenvalue weighted by Gasteiger charge is -2.25. The molecule has 22 heavy (non-hydrogen) atoms. The van der Waals surface area contributed by atoms with Crippen molar-refractivity contribution in [2.45, 2.75) is 18.9 Å². The second-order valence-corrected chi connectivity index (χ2v) is 5.07. The van der Waals surface area contributed by atoms with Gasteiger partial charge in [-0.1, -0.05) is 30.4 Å². The van der Waals surface area contributed by atoms with Crippen LogP contribution in [0.2, 0.25) is 0 Å². The van der Waals surface area contributed by atoms with Crippen LogP contribution in [0, 0.1) is 0 Å². The molecule has 116 valence electrons. The zero-order valence-corrected chi connectivity index (χ0v) is 13.0. The zero-order chi connectivity index (χ0) is 16.3. The molecule has 0 aromatic heterocycles. The third-order valence-electron chi connectivity index (χ3n) is 3.46. The molecular weight excluding hydrogens is 306 g/mol. The number of carbonyl (C=O) groups excluding carboxylic acids is 3. The number of methoxy groups -OCH3 is 2. The van der Waals surface area contributed by atoms with Gasteiger partial charge in [-0.2, -0.15) is 0 Å². The Morgan fingerprint density at radius 2 is 1.82 bits per heavy atom. The minimum Gasteiger partial charge on any atom is -0.469 e. The molecule has 0 spiro atoms. The molecule has 0 N–H and O–H groups in total. The highest BCUT2D eigenvalue weighted by Crippen LogP contribution is 2.27. The van der Waals surface area contributed by atoms with Crippen LogP contribution in [0.1, 0.15) is 28.8 Å². The minimum atomic E-state index is -0.948. The summed E-state index contributed by atoms with van der Waals surface area (Å²) < 4.78 is 9.31. The molecule has 0 bridgehead atoms. The number of fused-ring (bicyclic) bond motifs is 1. The van der Waals surface area contributed by atoms with Crippen molar-refractivity contribution in [1.29, 1.82) is 0 Å². The first-order valence-corrected chi connectivity index (χ1v) is 7.03. The lowest BCUT2D eigenvalue weighted by atomic mass is 10.1. The van der Waals surface area contributed by atoms with E-state index in [9.17, 15) is 14.4 Å². The topological polar surface area (TPSA) is 72.9 Å². The number of hydrogen-bond donors (Lipinski definition) is 0. The van der Waals surface area contributed by atoms with Crippen molar-refractivity contribution < 1.29 is 23.9 Å². The zero-order valence-electron chi connectivity index (χ0n) is 12.2. The number of rotatable bonds is 5. The van der Waals surface area contributed by atoms with Crippen LogP contribution in [0.25, 0.3) is 0 Å². The van der Waals surface area contributed by atoms with Gasteiger partial charge in [-0.3, -0.25) is 14.5 Å². The van der Waals surface area contributed by atoms with Gasteiger partial charge in [-0.05, 0) is 12.5 Å². The molecule has 1 aliphatic rings.